The molecule has 1 spiro atoms. The zero-order valence-corrected chi connectivity index (χ0v) is 16.2. The van der Waals surface area contributed by atoms with Crippen LogP contribution < -0.4 is 0 Å². The van der Waals surface area contributed by atoms with Crippen molar-refractivity contribution in [2.75, 3.05) is 0 Å². The first kappa shape index (κ1) is 11.2. The van der Waals surface area contributed by atoms with Crippen molar-refractivity contribution >= 4 is 17.1 Å². The summed E-state index contributed by atoms with van der Waals surface area (Å²) in [4.78, 5) is 24.3. The summed E-state index contributed by atoms with van der Waals surface area (Å²) in [5.41, 5.74) is 1.54. The second kappa shape index (κ2) is 1.28. The molecule has 11 heterocycles. The van der Waals surface area contributed by atoms with Crippen molar-refractivity contribution in [3.63, 3.8) is 0 Å². The number of hydrogen-bond donors (Lipinski definition) is 0. The van der Waals surface area contributed by atoms with Crippen LogP contribution in [0.25, 0.3) is 0 Å². The van der Waals surface area contributed by atoms with Crippen molar-refractivity contribution < 1.29 is 11.3 Å². The number of carbonyl (C=O) groups excluding carboxylic acids is 1. The van der Waals surface area contributed by atoms with Gasteiger partial charge in [-0.15, -0.1) is 0 Å². The van der Waals surface area contributed by atoms with Gasteiger partial charge < -0.3 is 0 Å². The van der Waals surface area contributed by atoms with Crippen molar-refractivity contribution in [2.45, 2.75) is 60.0 Å². The molecule has 0 radical (unpaired) electrons. The van der Waals surface area contributed by atoms with Gasteiger partial charge in [0.15, 0.2) is 0 Å². The fraction of sp³-hybridized carbons (Fsp3) is 0.522. The quantitative estimate of drug-likeness (QED) is 0.404. The molecule has 12 rings (SSSR count). The van der Waals surface area contributed by atoms with Crippen LogP contribution in [0.2, 0.25) is 47.2 Å². The second-order valence-corrected chi connectivity index (χ2v) is 37.5. The third kappa shape index (κ3) is 0.172. The van der Waals surface area contributed by atoms with Crippen LogP contribution >= 0.6 is 11.3 Å². The molecule has 10 aliphatic rings. The summed E-state index contributed by atoms with van der Waals surface area (Å²) in [5.74, 6) is 0.707. The predicted molar refractivity (Wildman–Crippen MR) is 98.8 cm³/mol. The molecule has 10 saturated heterocycles. The fourth-order valence-corrected chi connectivity index (χ4v) is 97.6. The Morgan fingerprint density at radius 2 is 1.62 bits per heavy atom. The number of ketones is 1. The van der Waals surface area contributed by atoms with E-state index in [0.717, 1.165) is 18.8 Å². The van der Waals surface area contributed by atoms with E-state index in [0.29, 0.717) is 10.1 Å². The number of rotatable bonds is 5. The van der Waals surface area contributed by atoms with Crippen LogP contribution in [0.3, 0.4) is 0 Å². The molecular formula is C23H20FeOS. The van der Waals surface area contributed by atoms with Crippen molar-refractivity contribution in [1.82, 2.24) is 0 Å². The van der Waals surface area contributed by atoms with E-state index >= 15 is 0 Å². The average Bonchev–Trinajstić information content (AvgIpc) is 3.57. The fourth-order valence-electron chi connectivity index (χ4n) is 19.9. The maximum atomic E-state index is 13.9. The minimum atomic E-state index is -3.57. The Kier molecular flexibility index (Phi) is 0.553. The zero-order chi connectivity index (χ0) is 16.4. The molecule has 0 N–H and O–H groups in total. The number of fused-ring (bicyclic) bond motifs is 10. The summed E-state index contributed by atoms with van der Waals surface area (Å²) in [6.07, 6.45) is 2.77. The molecule has 0 amide bonds. The summed E-state index contributed by atoms with van der Waals surface area (Å²) >= 11 is 1.74. The molecule has 8 atom stereocenters. The Bertz CT molecular complexity index is 1550. The molecule has 3 heteroatoms. The summed E-state index contributed by atoms with van der Waals surface area (Å²) in [6, 6.07) is 15.5. The third-order valence-electron chi connectivity index (χ3n) is 17.8. The topological polar surface area (TPSA) is 17.1 Å². The van der Waals surface area contributed by atoms with E-state index < -0.39 is 6.51 Å². The summed E-state index contributed by atoms with van der Waals surface area (Å²) < 4.78 is 1.17. The van der Waals surface area contributed by atoms with Gasteiger partial charge in [-0.1, -0.05) is 0 Å². The normalized spacial score (nSPS) is 84.6. The molecule has 2 aromatic rings. The summed E-state index contributed by atoms with van der Waals surface area (Å²) in [5, 5.41) is 2.13. The summed E-state index contributed by atoms with van der Waals surface area (Å²) in [6.45, 7) is -3.57. The maximum absolute atomic E-state index is 13.9. The van der Waals surface area contributed by atoms with E-state index in [-0.39, 0.29) is 0 Å². The second-order valence-electron chi connectivity index (χ2n) is 13.2. The molecule has 1 nitrogen and oxygen atoms in total. The first-order valence-electron chi connectivity index (χ1n) is 10.4. The number of Topliss-reactive ketones (excluding diaryl/α,β-unsaturated/α-hetero) is 1. The molecule has 0 saturated carbocycles. The molecule has 8 unspecified atom stereocenters. The number of benzene rings is 1. The number of thiophene rings is 1. The van der Waals surface area contributed by atoms with Crippen LogP contribution in [0, 0.1) is 0 Å². The molecular weight excluding hydrogens is 380 g/mol. The molecule has 132 valence electrons. The van der Waals surface area contributed by atoms with Gasteiger partial charge >= 0.3 is 147 Å². The average molecular weight is 400 g/mol. The zero-order valence-electron chi connectivity index (χ0n) is 14.3. The van der Waals surface area contributed by atoms with Crippen LogP contribution in [0.15, 0.2) is 47.8 Å². The molecule has 0 bridgehead atoms. The first-order chi connectivity index (χ1) is 12.5. The van der Waals surface area contributed by atoms with Crippen LogP contribution in [0.1, 0.15) is 21.7 Å². The van der Waals surface area contributed by atoms with E-state index in [4.69, 9.17) is 0 Å². The molecule has 10 aliphatic heterocycles. The van der Waals surface area contributed by atoms with Gasteiger partial charge in [-0.25, -0.2) is 0 Å². The van der Waals surface area contributed by atoms with E-state index in [1.807, 2.05) is 0 Å². The van der Waals surface area contributed by atoms with Gasteiger partial charge in [0, 0.05) is 0 Å². The van der Waals surface area contributed by atoms with Crippen LogP contribution in [0.5, 0.6) is 0 Å². The van der Waals surface area contributed by atoms with Crippen molar-refractivity contribution in [3.8, 4) is 0 Å². The monoisotopic (exact) mass is 400 g/mol. The van der Waals surface area contributed by atoms with Crippen LogP contribution in [-0.2, 0) is 12.9 Å². The van der Waals surface area contributed by atoms with Gasteiger partial charge in [0.05, 0.1) is 0 Å². The Labute approximate surface area is 146 Å². The van der Waals surface area contributed by atoms with Gasteiger partial charge in [-0.2, -0.15) is 0 Å². The molecule has 26 heavy (non-hydrogen) atoms. The Morgan fingerprint density at radius 1 is 0.923 bits per heavy atom. The number of carbonyl (C=O) groups is 1. The van der Waals surface area contributed by atoms with Gasteiger partial charge in [-0.3, -0.25) is 0 Å². The predicted octanol–water partition coefficient (Wildman–Crippen LogP) is 6.69. The van der Waals surface area contributed by atoms with Gasteiger partial charge in [0.1, 0.15) is 0 Å². The summed E-state index contributed by atoms with van der Waals surface area (Å²) in [7, 11) is 0. The minimum absolute atomic E-state index is 0.357. The molecule has 1 aromatic carbocycles. The van der Waals surface area contributed by atoms with Crippen molar-refractivity contribution in [2.24, 2.45) is 0 Å². The Hall–Kier alpha value is -0.891. The number of aryl methyl sites for hydroxylation is 1. The molecule has 10 fully saturated rings. The SMILES string of the molecule is O=C(c1cccs1)[C]12[CH]3[CH]4[CH]5[CH]1[Fe]45321678[CH]2[CH]1[CH]6[C]7(CCc1ccccc1)[CH]28. The first-order valence-corrected chi connectivity index (χ1v) is 17.4. The Morgan fingerprint density at radius 3 is 2.19 bits per heavy atom. The van der Waals surface area contributed by atoms with Gasteiger partial charge in [0.25, 0.3) is 0 Å². The van der Waals surface area contributed by atoms with Gasteiger partial charge in [0.2, 0.25) is 0 Å². The standard InChI is InChI=1S/C13H13.C10H7OS.Fe/c1-2-6-12(7-3-1)10-11-13-8-4-5-9-13;11-10(8-4-1-2-5-8)9-6-3-7-12-9;/h1-9H,10-11H2;1-7H;. The van der Waals surface area contributed by atoms with Gasteiger partial charge in [-0.05, 0) is 0 Å². The third-order valence-corrected chi connectivity index (χ3v) is 62.1. The van der Waals surface area contributed by atoms with E-state index in [2.05, 4.69) is 47.8 Å². The van der Waals surface area contributed by atoms with Crippen molar-refractivity contribution in [3.05, 3.63) is 58.3 Å². The molecule has 1 aromatic heterocycles. The van der Waals surface area contributed by atoms with E-state index in [1.54, 1.807) is 16.9 Å². The van der Waals surface area contributed by atoms with Crippen LogP contribution in [-0.4, -0.2) is 5.78 Å². The van der Waals surface area contributed by atoms with E-state index in [1.165, 1.54) is 41.7 Å². The number of hydrogen-bond acceptors (Lipinski definition) is 2. The molecule has 0 aliphatic carbocycles. The van der Waals surface area contributed by atoms with Crippen molar-refractivity contribution in [1.29, 1.82) is 0 Å². The van der Waals surface area contributed by atoms with E-state index in [9.17, 15) is 4.79 Å². The van der Waals surface area contributed by atoms with Crippen LogP contribution in [0.4, 0.5) is 0 Å². The Balaban J connectivity index is 1.15.